The molecule has 0 saturated carbocycles. The molecule has 0 aliphatic rings. The van der Waals surface area contributed by atoms with Crippen molar-refractivity contribution in [1.82, 2.24) is 15.0 Å². The van der Waals surface area contributed by atoms with Crippen molar-refractivity contribution in [3.05, 3.63) is 60.3 Å². The van der Waals surface area contributed by atoms with E-state index in [1.54, 1.807) is 20.4 Å². The summed E-state index contributed by atoms with van der Waals surface area (Å²) in [7, 11) is 3.20. The fourth-order valence-electron chi connectivity index (χ4n) is 2.90. The SMILES string of the molecule is COc1ccc(OC)c([C@@H](C)NC(=O)CSc2nc(-c3ccccc3)cn2N)c1. The van der Waals surface area contributed by atoms with Gasteiger partial charge in [0.2, 0.25) is 5.91 Å². The van der Waals surface area contributed by atoms with Gasteiger partial charge in [-0.15, -0.1) is 0 Å². The Kier molecular flexibility index (Phi) is 6.66. The highest BCUT2D eigenvalue weighted by Crippen LogP contribution is 2.29. The van der Waals surface area contributed by atoms with Crippen LogP contribution in [0.5, 0.6) is 11.5 Å². The Morgan fingerprint density at radius 3 is 2.66 bits per heavy atom. The zero-order chi connectivity index (χ0) is 20.8. The zero-order valence-electron chi connectivity index (χ0n) is 16.6. The molecule has 3 N–H and O–H groups in total. The van der Waals surface area contributed by atoms with Crippen molar-refractivity contribution >= 4 is 17.7 Å². The van der Waals surface area contributed by atoms with Gasteiger partial charge in [-0.2, -0.15) is 0 Å². The Morgan fingerprint density at radius 2 is 1.97 bits per heavy atom. The van der Waals surface area contributed by atoms with Crippen molar-refractivity contribution < 1.29 is 14.3 Å². The fraction of sp³-hybridized carbons (Fsp3) is 0.238. The van der Waals surface area contributed by atoms with Crippen LogP contribution in [0.4, 0.5) is 0 Å². The molecule has 1 amide bonds. The van der Waals surface area contributed by atoms with E-state index in [1.165, 1.54) is 16.4 Å². The van der Waals surface area contributed by atoms with E-state index in [0.29, 0.717) is 16.7 Å². The molecular weight excluding hydrogens is 388 g/mol. The van der Waals surface area contributed by atoms with Crippen LogP contribution in [0.2, 0.25) is 0 Å². The second kappa shape index (κ2) is 9.38. The third kappa shape index (κ3) is 5.03. The minimum absolute atomic E-state index is 0.128. The van der Waals surface area contributed by atoms with Gasteiger partial charge in [0, 0.05) is 11.1 Å². The molecular formula is C21H24N4O3S. The standard InChI is InChI=1S/C21H24N4O3S/c1-14(17-11-16(27-2)9-10-19(17)28-3)23-20(26)13-29-21-24-18(12-25(21)22)15-7-5-4-6-8-15/h4-12,14H,13,22H2,1-3H3,(H,23,26)/t14-/m1/s1. The maximum absolute atomic E-state index is 12.5. The van der Waals surface area contributed by atoms with Crippen molar-refractivity contribution in [1.29, 1.82) is 0 Å². The molecule has 0 aliphatic carbocycles. The molecule has 0 radical (unpaired) electrons. The normalized spacial score (nSPS) is 11.7. The maximum Gasteiger partial charge on any atom is 0.230 e. The Labute approximate surface area is 174 Å². The third-order valence-electron chi connectivity index (χ3n) is 4.38. The van der Waals surface area contributed by atoms with Crippen molar-refractivity contribution in [2.75, 3.05) is 25.8 Å². The molecule has 2 aromatic carbocycles. The lowest BCUT2D eigenvalue weighted by atomic mass is 10.1. The van der Waals surface area contributed by atoms with Crippen LogP contribution < -0.4 is 20.6 Å². The van der Waals surface area contributed by atoms with Gasteiger partial charge >= 0.3 is 0 Å². The highest BCUT2D eigenvalue weighted by Gasteiger charge is 2.16. The molecule has 0 fully saturated rings. The van der Waals surface area contributed by atoms with Crippen LogP contribution in [-0.4, -0.2) is 35.5 Å². The van der Waals surface area contributed by atoms with E-state index in [0.717, 1.165) is 16.8 Å². The molecule has 1 heterocycles. The van der Waals surface area contributed by atoms with Crippen LogP contribution >= 0.6 is 11.8 Å². The van der Waals surface area contributed by atoms with Crippen molar-refractivity contribution in [3.63, 3.8) is 0 Å². The van der Waals surface area contributed by atoms with Crippen LogP contribution in [0.25, 0.3) is 11.3 Å². The first kappa shape index (κ1) is 20.6. The molecule has 0 bridgehead atoms. The lowest BCUT2D eigenvalue weighted by molar-refractivity contribution is -0.119. The second-order valence-electron chi connectivity index (χ2n) is 6.37. The molecule has 7 nitrogen and oxygen atoms in total. The summed E-state index contributed by atoms with van der Waals surface area (Å²) >= 11 is 1.28. The first-order valence-electron chi connectivity index (χ1n) is 9.05. The molecule has 0 spiro atoms. The molecule has 8 heteroatoms. The Bertz CT molecular complexity index is 975. The number of rotatable bonds is 8. The number of nitrogens with zero attached hydrogens (tertiary/aromatic N) is 2. The van der Waals surface area contributed by atoms with Crippen molar-refractivity contribution in [2.24, 2.45) is 0 Å². The first-order valence-corrected chi connectivity index (χ1v) is 10.0. The van der Waals surface area contributed by atoms with E-state index in [-0.39, 0.29) is 17.7 Å². The molecule has 1 atom stereocenters. The highest BCUT2D eigenvalue weighted by atomic mass is 32.2. The molecule has 0 saturated heterocycles. The molecule has 29 heavy (non-hydrogen) atoms. The lowest BCUT2D eigenvalue weighted by Crippen LogP contribution is -2.28. The first-order chi connectivity index (χ1) is 14.0. The van der Waals surface area contributed by atoms with Crippen LogP contribution in [0, 0.1) is 0 Å². The smallest absolute Gasteiger partial charge is 0.230 e. The summed E-state index contributed by atoms with van der Waals surface area (Å²) in [5.41, 5.74) is 2.59. The predicted molar refractivity (Wildman–Crippen MR) is 115 cm³/mol. The largest absolute Gasteiger partial charge is 0.497 e. The fourth-order valence-corrected chi connectivity index (χ4v) is 3.61. The number of nitrogens with one attached hydrogen (secondary N) is 1. The molecule has 0 aliphatic heterocycles. The average Bonchev–Trinajstić information content (AvgIpc) is 3.13. The highest BCUT2D eigenvalue weighted by molar-refractivity contribution is 7.99. The lowest BCUT2D eigenvalue weighted by Gasteiger charge is -2.18. The Hall–Kier alpha value is -3.13. The average molecular weight is 413 g/mol. The van der Waals surface area contributed by atoms with Gasteiger partial charge in [0.1, 0.15) is 11.5 Å². The maximum atomic E-state index is 12.5. The summed E-state index contributed by atoms with van der Waals surface area (Å²) in [6.07, 6.45) is 1.75. The van der Waals surface area contributed by atoms with Gasteiger partial charge in [0.05, 0.1) is 37.9 Å². The number of thioether (sulfide) groups is 1. The van der Waals surface area contributed by atoms with Crippen LogP contribution in [-0.2, 0) is 4.79 Å². The second-order valence-corrected chi connectivity index (χ2v) is 7.31. The quantitative estimate of drug-likeness (QED) is 0.436. The number of aromatic nitrogens is 2. The summed E-state index contributed by atoms with van der Waals surface area (Å²) in [5.74, 6) is 7.46. The van der Waals surface area contributed by atoms with Gasteiger partial charge in [-0.05, 0) is 25.1 Å². The van der Waals surface area contributed by atoms with Gasteiger partial charge < -0.3 is 20.6 Å². The number of amides is 1. The van der Waals surface area contributed by atoms with Gasteiger partial charge in [-0.25, -0.2) is 9.66 Å². The summed E-state index contributed by atoms with van der Waals surface area (Å²) in [5, 5.41) is 3.55. The minimum Gasteiger partial charge on any atom is -0.497 e. The Morgan fingerprint density at radius 1 is 1.21 bits per heavy atom. The number of methoxy groups -OCH3 is 2. The molecule has 3 aromatic rings. The number of nitrogens with two attached hydrogens (primary N) is 1. The predicted octanol–water partition coefficient (Wildman–Crippen LogP) is 3.25. The summed E-state index contributed by atoms with van der Waals surface area (Å²) in [6.45, 7) is 1.90. The van der Waals surface area contributed by atoms with Crippen LogP contribution in [0.3, 0.4) is 0 Å². The van der Waals surface area contributed by atoms with Crippen LogP contribution in [0.15, 0.2) is 59.9 Å². The monoisotopic (exact) mass is 412 g/mol. The van der Waals surface area contributed by atoms with Gasteiger partial charge in [0.25, 0.3) is 0 Å². The molecule has 152 valence electrons. The van der Waals surface area contributed by atoms with E-state index >= 15 is 0 Å². The number of carbonyl (C=O) groups excluding carboxylic acids is 1. The molecule has 1 aromatic heterocycles. The number of hydrogen-bond acceptors (Lipinski definition) is 6. The number of nitrogen functional groups attached to an aromatic ring is 1. The number of hydrogen-bond donors (Lipinski definition) is 2. The molecule has 0 unspecified atom stereocenters. The summed E-state index contributed by atoms with van der Waals surface area (Å²) < 4.78 is 12.1. The third-order valence-corrected chi connectivity index (χ3v) is 5.35. The number of ether oxygens (including phenoxy) is 2. The summed E-state index contributed by atoms with van der Waals surface area (Å²) in [4.78, 5) is 17.0. The van der Waals surface area contributed by atoms with E-state index < -0.39 is 0 Å². The number of carbonyl (C=O) groups is 1. The zero-order valence-corrected chi connectivity index (χ0v) is 17.4. The van der Waals surface area contributed by atoms with E-state index in [1.807, 2.05) is 55.5 Å². The number of imidazole rings is 1. The van der Waals surface area contributed by atoms with Gasteiger partial charge in [0.15, 0.2) is 5.16 Å². The van der Waals surface area contributed by atoms with Crippen molar-refractivity contribution in [2.45, 2.75) is 18.1 Å². The summed E-state index contributed by atoms with van der Waals surface area (Å²) in [6, 6.07) is 15.0. The van der Waals surface area contributed by atoms with Gasteiger partial charge in [-0.1, -0.05) is 42.1 Å². The topological polar surface area (TPSA) is 91.4 Å². The van der Waals surface area contributed by atoms with E-state index in [4.69, 9.17) is 15.3 Å². The Balaban J connectivity index is 1.63. The molecule has 3 rings (SSSR count). The van der Waals surface area contributed by atoms with E-state index in [9.17, 15) is 4.79 Å². The van der Waals surface area contributed by atoms with Crippen molar-refractivity contribution in [3.8, 4) is 22.8 Å². The minimum atomic E-state index is -0.245. The van der Waals surface area contributed by atoms with Crippen LogP contribution in [0.1, 0.15) is 18.5 Å². The van der Waals surface area contributed by atoms with Gasteiger partial charge in [-0.3, -0.25) is 4.79 Å². The number of benzene rings is 2. The van der Waals surface area contributed by atoms with E-state index in [2.05, 4.69) is 10.3 Å².